The Bertz CT molecular complexity index is 1030. The van der Waals surface area contributed by atoms with E-state index in [1.54, 1.807) is 39.5 Å². The molecule has 0 bridgehead atoms. The summed E-state index contributed by atoms with van der Waals surface area (Å²) in [5.74, 6) is 1.74. The summed E-state index contributed by atoms with van der Waals surface area (Å²) in [7, 11) is 4.65. The Morgan fingerprint density at radius 1 is 1.07 bits per heavy atom. The maximum atomic E-state index is 12.4. The number of methoxy groups -OCH3 is 3. The minimum Gasteiger partial charge on any atom is -0.493 e. The molecule has 152 valence electrons. The molecule has 0 fully saturated rings. The van der Waals surface area contributed by atoms with Crippen LogP contribution in [0.5, 0.6) is 17.2 Å². The van der Waals surface area contributed by atoms with Crippen molar-refractivity contribution in [3.63, 3.8) is 0 Å². The quantitative estimate of drug-likeness (QED) is 0.547. The number of thiazole rings is 1. The SMILES string of the molecule is COc1cc(/C=C\C(=O)Nc2nc3ccc(C(C)C)cc3s2)cc(OC)c1OC. The Kier molecular flexibility index (Phi) is 6.39. The van der Waals surface area contributed by atoms with Crippen molar-refractivity contribution in [2.24, 2.45) is 0 Å². The second-order valence-corrected chi connectivity index (χ2v) is 7.71. The number of hydrogen-bond donors (Lipinski definition) is 1. The smallest absolute Gasteiger partial charge is 0.250 e. The summed E-state index contributed by atoms with van der Waals surface area (Å²) in [6.45, 7) is 4.30. The van der Waals surface area contributed by atoms with Crippen LogP contribution in [0.15, 0.2) is 36.4 Å². The van der Waals surface area contributed by atoms with Crippen molar-refractivity contribution in [3.05, 3.63) is 47.5 Å². The van der Waals surface area contributed by atoms with Gasteiger partial charge in [-0.15, -0.1) is 0 Å². The zero-order chi connectivity index (χ0) is 21.0. The third-order valence-electron chi connectivity index (χ3n) is 4.42. The van der Waals surface area contributed by atoms with Crippen molar-refractivity contribution >= 4 is 38.7 Å². The molecular weight excluding hydrogens is 388 g/mol. The summed E-state index contributed by atoms with van der Waals surface area (Å²) in [6.07, 6.45) is 3.14. The topological polar surface area (TPSA) is 69.7 Å². The van der Waals surface area contributed by atoms with Gasteiger partial charge in [-0.25, -0.2) is 4.98 Å². The van der Waals surface area contributed by atoms with E-state index in [0.29, 0.717) is 28.3 Å². The number of hydrogen-bond acceptors (Lipinski definition) is 6. The fraction of sp³-hybridized carbons (Fsp3) is 0.273. The molecule has 0 saturated carbocycles. The Balaban J connectivity index is 1.77. The number of ether oxygens (including phenoxy) is 3. The zero-order valence-electron chi connectivity index (χ0n) is 17.1. The summed E-state index contributed by atoms with van der Waals surface area (Å²) in [5.41, 5.74) is 2.88. The van der Waals surface area contributed by atoms with Crippen LogP contribution in [-0.2, 0) is 4.79 Å². The number of carbonyl (C=O) groups excluding carboxylic acids is 1. The average molecular weight is 413 g/mol. The number of anilines is 1. The number of nitrogens with one attached hydrogen (secondary N) is 1. The minimum atomic E-state index is -0.262. The summed E-state index contributed by atoms with van der Waals surface area (Å²) in [5, 5.41) is 3.39. The molecule has 1 amide bonds. The highest BCUT2D eigenvalue weighted by Crippen LogP contribution is 2.38. The highest BCUT2D eigenvalue weighted by Gasteiger charge is 2.12. The number of aromatic nitrogens is 1. The molecule has 29 heavy (non-hydrogen) atoms. The predicted octanol–water partition coefficient (Wildman–Crippen LogP) is 5.10. The molecule has 2 aromatic carbocycles. The Morgan fingerprint density at radius 2 is 1.76 bits per heavy atom. The van der Waals surface area contributed by atoms with Gasteiger partial charge in [0.2, 0.25) is 11.7 Å². The molecule has 1 N–H and O–H groups in total. The first-order chi connectivity index (χ1) is 13.9. The number of carbonyl (C=O) groups is 1. The first-order valence-corrected chi connectivity index (χ1v) is 9.96. The Labute approximate surface area is 174 Å². The van der Waals surface area contributed by atoms with Crippen LogP contribution < -0.4 is 19.5 Å². The highest BCUT2D eigenvalue weighted by atomic mass is 32.1. The lowest BCUT2D eigenvalue weighted by Crippen LogP contribution is -2.07. The van der Waals surface area contributed by atoms with Crippen LogP contribution >= 0.6 is 11.3 Å². The van der Waals surface area contributed by atoms with Gasteiger partial charge >= 0.3 is 0 Å². The van der Waals surface area contributed by atoms with E-state index in [1.165, 1.54) is 23.0 Å². The molecule has 7 heteroatoms. The van der Waals surface area contributed by atoms with Gasteiger partial charge in [-0.2, -0.15) is 0 Å². The van der Waals surface area contributed by atoms with Gasteiger partial charge in [0, 0.05) is 6.08 Å². The second-order valence-electron chi connectivity index (χ2n) is 6.68. The van der Waals surface area contributed by atoms with Gasteiger partial charge in [0.25, 0.3) is 0 Å². The molecule has 0 saturated heterocycles. The van der Waals surface area contributed by atoms with Crippen LogP contribution in [0.3, 0.4) is 0 Å². The fourth-order valence-corrected chi connectivity index (χ4v) is 3.79. The normalized spacial score (nSPS) is 11.2. The zero-order valence-corrected chi connectivity index (χ0v) is 17.9. The van der Waals surface area contributed by atoms with Crippen LogP contribution in [0.1, 0.15) is 30.9 Å². The lowest BCUT2D eigenvalue weighted by atomic mass is 10.0. The minimum absolute atomic E-state index is 0.262. The first kappa shape index (κ1) is 20.7. The van der Waals surface area contributed by atoms with Gasteiger partial charge in [-0.3, -0.25) is 10.1 Å². The molecule has 1 aromatic heterocycles. The summed E-state index contributed by atoms with van der Waals surface area (Å²) in [4.78, 5) is 16.8. The van der Waals surface area contributed by atoms with Gasteiger partial charge in [-0.05, 0) is 47.4 Å². The van der Waals surface area contributed by atoms with Crippen LogP contribution in [0.2, 0.25) is 0 Å². The molecule has 6 nitrogen and oxygen atoms in total. The molecule has 0 radical (unpaired) electrons. The molecule has 0 aliphatic carbocycles. The first-order valence-electron chi connectivity index (χ1n) is 9.14. The fourth-order valence-electron chi connectivity index (χ4n) is 2.87. The van der Waals surface area contributed by atoms with E-state index in [9.17, 15) is 4.79 Å². The molecule has 0 atom stereocenters. The van der Waals surface area contributed by atoms with Crippen LogP contribution in [0.4, 0.5) is 5.13 Å². The lowest BCUT2D eigenvalue weighted by molar-refractivity contribution is -0.111. The van der Waals surface area contributed by atoms with E-state index in [2.05, 4.69) is 36.3 Å². The standard InChI is InChI=1S/C22H24N2O4S/c1-13(2)15-7-8-16-19(12-15)29-22(23-16)24-20(25)9-6-14-10-17(26-3)21(28-5)18(11-14)27-4/h6-13H,1-5H3,(H,23,24,25)/b9-6-. The molecule has 0 aliphatic rings. The van der Waals surface area contributed by atoms with Gasteiger partial charge < -0.3 is 14.2 Å². The van der Waals surface area contributed by atoms with Crippen molar-refractivity contribution < 1.29 is 19.0 Å². The van der Waals surface area contributed by atoms with E-state index >= 15 is 0 Å². The Morgan fingerprint density at radius 3 is 2.34 bits per heavy atom. The number of rotatable bonds is 7. The van der Waals surface area contributed by atoms with E-state index in [-0.39, 0.29) is 5.91 Å². The second kappa shape index (κ2) is 8.96. The maximum absolute atomic E-state index is 12.4. The van der Waals surface area contributed by atoms with E-state index in [0.717, 1.165) is 15.8 Å². The lowest BCUT2D eigenvalue weighted by Gasteiger charge is -2.12. The van der Waals surface area contributed by atoms with E-state index < -0.39 is 0 Å². The third-order valence-corrected chi connectivity index (χ3v) is 5.36. The molecule has 3 rings (SSSR count). The number of nitrogens with zero attached hydrogens (tertiary/aromatic N) is 1. The largest absolute Gasteiger partial charge is 0.493 e. The van der Waals surface area contributed by atoms with Crippen molar-refractivity contribution in [3.8, 4) is 17.2 Å². The monoisotopic (exact) mass is 412 g/mol. The molecule has 0 spiro atoms. The van der Waals surface area contributed by atoms with Crippen LogP contribution in [-0.4, -0.2) is 32.2 Å². The van der Waals surface area contributed by atoms with Crippen molar-refractivity contribution in [1.82, 2.24) is 4.98 Å². The summed E-state index contributed by atoms with van der Waals surface area (Å²) in [6, 6.07) is 9.73. The van der Waals surface area contributed by atoms with E-state index in [1.807, 2.05) is 6.07 Å². The molecular formula is C22H24N2O4S. The van der Waals surface area contributed by atoms with Gasteiger partial charge in [0.1, 0.15) is 0 Å². The van der Waals surface area contributed by atoms with Crippen molar-refractivity contribution in [2.75, 3.05) is 26.6 Å². The molecule has 1 heterocycles. The molecule has 0 unspecified atom stereocenters. The van der Waals surface area contributed by atoms with Gasteiger partial charge in [0.05, 0.1) is 31.5 Å². The Hall–Kier alpha value is -3.06. The van der Waals surface area contributed by atoms with Crippen molar-refractivity contribution in [1.29, 1.82) is 0 Å². The van der Waals surface area contributed by atoms with Gasteiger partial charge in [-0.1, -0.05) is 31.3 Å². The van der Waals surface area contributed by atoms with Crippen LogP contribution in [0.25, 0.3) is 16.3 Å². The van der Waals surface area contributed by atoms with Crippen LogP contribution in [0, 0.1) is 0 Å². The molecule has 0 aliphatic heterocycles. The predicted molar refractivity (Wildman–Crippen MR) is 117 cm³/mol. The highest BCUT2D eigenvalue weighted by molar-refractivity contribution is 7.22. The summed E-state index contributed by atoms with van der Waals surface area (Å²) >= 11 is 1.46. The maximum Gasteiger partial charge on any atom is 0.250 e. The number of benzene rings is 2. The number of amides is 1. The van der Waals surface area contributed by atoms with Gasteiger partial charge in [0.15, 0.2) is 16.6 Å². The van der Waals surface area contributed by atoms with Crippen molar-refractivity contribution in [2.45, 2.75) is 19.8 Å². The van der Waals surface area contributed by atoms with E-state index in [4.69, 9.17) is 14.2 Å². The average Bonchev–Trinajstić information content (AvgIpc) is 3.12. The third kappa shape index (κ3) is 4.68. The number of fused-ring (bicyclic) bond motifs is 1. The summed E-state index contributed by atoms with van der Waals surface area (Å²) < 4.78 is 17.0. The molecule has 3 aromatic rings.